The number of nitrogens with one attached hydrogen (secondary N) is 1. The van der Waals surface area contributed by atoms with Crippen LogP contribution in [0.3, 0.4) is 0 Å². The molecule has 20 heavy (non-hydrogen) atoms. The third-order valence-corrected chi connectivity index (χ3v) is 5.66. The van der Waals surface area contributed by atoms with Crippen molar-refractivity contribution in [2.45, 2.75) is 30.4 Å². The summed E-state index contributed by atoms with van der Waals surface area (Å²) in [5, 5.41) is 7.98. The first-order valence-corrected chi connectivity index (χ1v) is 8.10. The minimum Gasteiger partial charge on any atom is -0.459 e. The largest absolute Gasteiger partial charge is 0.459 e. The van der Waals surface area contributed by atoms with Gasteiger partial charge in [0, 0.05) is 11.5 Å². The average Bonchev–Trinajstić information content (AvgIpc) is 3.07. The molecule has 3 fully saturated rings. The molecule has 1 aromatic rings. The summed E-state index contributed by atoms with van der Waals surface area (Å²) in [5.41, 5.74) is 0.672. The van der Waals surface area contributed by atoms with Gasteiger partial charge < -0.3 is 4.74 Å². The lowest BCUT2D eigenvalue weighted by Crippen LogP contribution is -2.46. The van der Waals surface area contributed by atoms with E-state index in [-0.39, 0.29) is 24.1 Å². The maximum absolute atomic E-state index is 13.0. The molecular formula is C15H16N2O2S. The topological polar surface area (TPSA) is 53.4 Å². The first kappa shape index (κ1) is 12.3. The van der Waals surface area contributed by atoms with Crippen LogP contribution in [0.5, 0.6) is 0 Å². The molecule has 2 atom stereocenters. The van der Waals surface area contributed by atoms with Gasteiger partial charge in [0.25, 0.3) is 6.02 Å². The van der Waals surface area contributed by atoms with E-state index in [9.17, 15) is 4.79 Å². The normalized spacial score (nSPS) is 30.0. The van der Waals surface area contributed by atoms with Crippen LogP contribution in [-0.2, 0) is 14.9 Å². The molecule has 0 bridgehead atoms. The monoisotopic (exact) mass is 288 g/mol. The molecule has 104 valence electrons. The van der Waals surface area contributed by atoms with E-state index in [4.69, 9.17) is 10.1 Å². The summed E-state index contributed by atoms with van der Waals surface area (Å²) in [6.45, 7) is 0. The summed E-state index contributed by atoms with van der Waals surface area (Å²) >= 11 is 1.80. The summed E-state index contributed by atoms with van der Waals surface area (Å²) < 4.78 is 5.55. The number of fused-ring (bicyclic) bond motifs is 1. The number of amides is 1. The van der Waals surface area contributed by atoms with Gasteiger partial charge in [-0.25, -0.2) is 0 Å². The van der Waals surface area contributed by atoms with Crippen molar-refractivity contribution in [3.8, 4) is 0 Å². The second-order valence-electron chi connectivity index (χ2n) is 5.69. The third-order valence-electron chi connectivity index (χ3n) is 4.52. The Labute approximate surface area is 122 Å². The van der Waals surface area contributed by atoms with E-state index in [1.54, 1.807) is 16.7 Å². The number of hydrogen-bond donors (Lipinski definition) is 1. The summed E-state index contributed by atoms with van der Waals surface area (Å²) in [4.78, 5) is 14.6. The van der Waals surface area contributed by atoms with Crippen LogP contribution in [0.15, 0.2) is 30.3 Å². The van der Waals surface area contributed by atoms with E-state index in [0.29, 0.717) is 0 Å². The maximum atomic E-state index is 13.0. The molecule has 0 radical (unpaired) electrons. The predicted octanol–water partition coefficient (Wildman–Crippen LogP) is 2.00. The fourth-order valence-corrected chi connectivity index (χ4v) is 4.47. The van der Waals surface area contributed by atoms with Gasteiger partial charge in [-0.3, -0.25) is 15.1 Å². The van der Waals surface area contributed by atoms with Gasteiger partial charge in [0.05, 0.1) is 11.5 Å². The Hall–Kier alpha value is -1.49. The molecule has 1 aliphatic carbocycles. The quantitative estimate of drug-likeness (QED) is 0.905. The molecule has 3 aliphatic rings. The van der Waals surface area contributed by atoms with Crippen LogP contribution >= 0.6 is 11.8 Å². The third kappa shape index (κ3) is 1.62. The van der Waals surface area contributed by atoms with Crippen molar-refractivity contribution in [3.63, 3.8) is 0 Å². The van der Waals surface area contributed by atoms with E-state index >= 15 is 0 Å². The second-order valence-corrected chi connectivity index (χ2v) is 6.76. The Morgan fingerprint density at radius 2 is 2.05 bits per heavy atom. The van der Waals surface area contributed by atoms with Gasteiger partial charge in [0.15, 0.2) is 0 Å². The lowest BCUT2D eigenvalue weighted by Gasteiger charge is -2.25. The Bertz CT molecular complexity index is 570. The number of rotatable bonds is 2. The van der Waals surface area contributed by atoms with Crippen molar-refractivity contribution in [2.24, 2.45) is 0 Å². The number of amidine groups is 1. The highest BCUT2D eigenvalue weighted by molar-refractivity contribution is 7.99. The molecule has 2 aliphatic heterocycles. The lowest BCUT2D eigenvalue weighted by atomic mass is 9.94. The standard InChI is InChI=1S/C15H16N2O2S/c16-14-17(11-8-20-9-12(11)19-14)13(18)15(6-7-15)10-4-2-1-3-5-10/h1-5,11-12,16H,6-9H2/t11-,12+/m0/s1. The van der Waals surface area contributed by atoms with Crippen LogP contribution < -0.4 is 0 Å². The molecular weight excluding hydrogens is 272 g/mol. The number of ether oxygens (including phenoxy) is 1. The highest BCUT2D eigenvalue weighted by Gasteiger charge is 2.58. The fraction of sp³-hybridized carbons (Fsp3) is 0.467. The van der Waals surface area contributed by atoms with E-state index < -0.39 is 5.41 Å². The summed E-state index contributed by atoms with van der Waals surface area (Å²) in [6.07, 6.45) is 1.77. The van der Waals surface area contributed by atoms with Crippen LogP contribution in [0, 0.1) is 5.41 Å². The Morgan fingerprint density at radius 3 is 2.75 bits per heavy atom. The molecule has 1 N–H and O–H groups in total. The lowest BCUT2D eigenvalue weighted by molar-refractivity contribution is -0.131. The average molecular weight is 288 g/mol. The van der Waals surface area contributed by atoms with Gasteiger partial charge in [-0.1, -0.05) is 30.3 Å². The number of thioether (sulfide) groups is 1. The molecule has 5 heteroatoms. The molecule has 0 spiro atoms. The molecule has 1 aromatic carbocycles. The molecule has 4 nitrogen and oxygen atoms in total. The van der Waals surface area contributed by atoms with E-state index in [1.165, 1.54) is 0 Å². The zero-order chi connectivity index (χ0) is 13.7. The van der Waals surface area contributed by atoms with Crippen molar-refractivity contribution in [3.05, 3.63) is 35.9 Å². The van der Waals surface area contributed by atoms with Gasteiger partial charge >= 0.3 is 0 Å². The Kier molecular flexibility index (Phi) is 2.61. The number of hydrogen-bond acceptors (Lipinski definition) is 4. The molecule has 0 unspecified atom stereocenters. The minimum absolute atomic E-state index is 0.0167. The van der Waals surface area contributed by atoms with Crippen molar-refractivity contribution < 1.29 is 9.53 Å². The zero-order valence-corrected chi connectivity index (χ0v) is 11.9. The van der Waals surface area contributed by atoms with Gasteiger partial charge in [0.2, 0.25) is 5.91 Å². The van der Waals surface area contributed by atoms with Crippen molar-refractivity contribution in [2.75, 3.05) is 11.5 Å². The van der Waals surface area contributed by atoms with E-state index in [2.05, 4.69) is 0 Å². The van der Waals surface area contributed by atoms with Crippen molar-refractivity contribution in [1.82, 2.24) is 4.90 Å². The molecule has 2 heterocycles. The van der Waals surface area contributed by atoms with Crippen LogP contribution in [0.25, 0.3) is 0 Å². The number of carbonyl (C=O) groups is 1. The van der Waals surface area contributed by atoms with Crippen LogP contribution in [0.4, 0.5) is 0 Å². The maximum Gasteiger partial charge on any atom is 0.292 e. The SMILES string of the molecule is N=C1O[C@@H]2CSC[C@@H]2N1C(=O)C1(c2ccccc2)CC1. The first-order chi connectivity index (χ1) is 9.72. The highest BCUT2D eigenvalue weighted by atomic mass is 32.2. The Morgan fingerprint density at radius 1 is 1.30 bits per heavy atom. The van der Waals surface area contributed by atoms with Crippen LogP contribution in [0.1, 0.15) is 18.4 Å². The molecule has 1 amide bonds. The second kappa shape index (κ2) is 4.25. The van der Waals surface area contributed by atoms with Crippen LogP contribution in [0.2, 0.25) is 0 Å². The zero-order valence-electron chi connectivity index (χ0n) is 11.0. The molecule has 4 rings (SSSR count). The van der Waals surface area contributed by atoms with E-state index in [1.807, 2.05) is 30.3 Å². The van der Waals surface area contributed by atoms with E-state index in [0.717, 1.165) is 29.9 Å². The highest BCUT2D eigenvalue weighted by Crippen LogP contribution is 2.51. The number of carbonyl (C=O) groups excluding carboxylic acids is 1. The summed E-state index contributed by atoms with van der Waals surface area (Å²) in [6, 6.07) is 10.1. The molecule has 2 saturated heterocycles. The van der Waals surface area contributed by atoms with Gasteiger partial charge in [-0.05, 0) is 18.4 Å². The first-order valence-electron chi connectivity index (χ1n) is 6.94. The van der Waals surface area contributed by atoms with Crippen LogP contribution in [-0.4, -0.2) is 40.5 Å². The van der Waals surface area contributed by atoms with Gasteiger partial charge in [-0.2, -0.15) is 11.8 Å². The van der Waals surface area contributed by atoms with Crippen molar-refractivity contribution >= 4 is 23.7 Å². The van der Waals surface area contributed by atoms with Gasteiger partial charge in [0.1, 0.15) is 6.10 Å². The molecule has 0 aromatic heterocycles. The Balaban J connectivity index is 1.66. The predicted molar refractivity (Wildman–Crippen MR) is 77.9 cm³/mol. The minimum atomic E-state index is -0.404. The number of benzene rings is 1. The smallest absolute Gasteiger partial charge is 0.292 e. The van der Waals surface area contributed by atoms with Crippen molar-refractivity contribution in [1.29, 1.82) is 5.41 Å². The summed E-state index contributed by atoms with van der Waals surface area (Å²) in [7, 11) is 0. The summed E-state index contributed by atoms with van der Waals surface area (Å²) in [5.74, 6) is 1.82. The van der Waals surface area contributed by atoms with Gasteiger partial charge in [-0.15, -0.1) is 0 Å². The fourth-order valence-electron chi connectivity index (χ4n) is 3.21. The number of nitrogens with zero attached hydrogens (tertiary/aromatic N) is 1. The molecule has 1 saturated carbocycles.